The lowest BCUT2D eigenvalue weighted by molar-refractivity contribution is -0.121. The zero-order valence-corrected chi connectivity index (χ0v) is 15.5. The molecule has 0 bridgehead atoms. The molecular formula is C20H24N2O4. The molecule has 0 saturated carbocycles. The molecule has 0 unspecified atom stereocenters. The summed E-state index contributed by atoms with van der Waals surface area (Å²) in [6, 6.07) is 11.0. The highest BCUT2D eigenvalue weighted by atomic mass is 16.5. The third-order valence-corrected chi connectivity index (χ3v) is 3.99. The number of ether oxygens (including phenoxy) is 2. The topological polar surface area (TPSA) is 76.7 Å². The number of rotatable bonds is 6. The van der Waals surface area contributed by atoms with Crippen molar-refractivity contribution in [1.82, 2.24) is 10.9 Å². The molecule has 0 aliphatic rings. The van der Waals surface area contributed by atoms with Crippen molar-refractivity contribution in [3.63, 3.8) is 0 Å². The fourth-order valence-electron chi connectivity index (χ4n) is 2.59. The summed E-state index contributed by atoms with van der Waals surface area (Å²) >= 11 is 0. The minimum absolute atomic E-state index is 0.226. The van der Waals surface area contributed by atoms with E-state index in [1.807, 2.05) is 38.1 Å². The number of hydrogen-bond donors (Lipinski definition) is 2. The van der Waals surface area contributed by atoms with Gasteiger partial charge in [-0.15, -0.1) is 0 Å². The molecule has 0 aliphatic heterocycles. The number of aryl methyl sites for hydroxylation is 3. The van der Waals surface area contributed by atoms with E-state index in [4.69, 9.17) is 9.47 Å². The molecule has 2 aromatic carbocycles. The van der Waals surface area contributed by atoms with Crippen LogP contribution in [0.3, 0.4) is 0 Å². The van der Waals surface area contributed by atoms with Crippen molar-refractivity contribution in [2.45, 2.75) is 26.7 Å². The van der Waals surface area contributed by atoms with Gasteiger partial charge in [-0.25, -0.2) is 0 Å². The number of nitrogens with one attached hydrogen (secondary N) is 2. The molecule has 138 valence electrons. The van der Waals surface area contributed by atoms with Gasteiger partial charge in [-0.1, -0.05) is 17.7 Å². The smallest absolute Gasteiger partial charge is 0.269 e. The van der Waals surface area contributed by atoms with Crippen molar-refractivity contribution in [2.24, 2.45) is 0 Å². The molecular weight excluding hydrogens is 332 g/mol. The first-order valence-electron chi connectivity index (χ1n) is 8.31. The van der Waals surface area contributed by atoms with Crippen molar-refractivity contribution in [3.8, 4) is 11.5 Å². The lowest BCUT2D eigenvalue weighted by atomic mass is 10.1. The molecule has 0 fully saturated rings. The van der Waals surface area contributed by atoms with Crippen LogP contribution in [0.1, 0.15) is 33.5 Å². The van der Waals surface area contributed by atoms with Crippen LogP contribution in [0, 0.1) is 13.8 Å². The number of carbonyl (C=O) groups excluding carboxylic acids is 2. The van der Waals surface area contributed by atoms with E-state index in [-0.39, 0.29) is 18.2 Å². The van der Waals surface area contributed by atoms with E-state index in [1.54, 1.807) is 26.4 Å². The molecule has 0 radical (unpaired) electrons. The largest absolute Gasteiger partial charge is 0.497 e. The molecule has 2 N–H and O–H groups in total. The number of carbonyl (C=O) groups is 2. The molecule has 26 heavy (non-hydrogen) atoms. The molecule has 6 nitrogen and oxygen atoms in total. The Hall–Kier alpha value is -3.02. The van der Waals surface area contributed by atoms with Crippen LogP contribution in [0.15, 0.2) is 36.4 Å². The van der Waals surface area contributed by atoms with Gasteiger partial charge in [0.05, 0.1) is 14.2 Å². The third kappa shape index (κ3) is 5.24. The first-order valence-corrected chi connectivity index (χ1v) is 8.31. The second kappa shape index (κ2) is 8.89. The van der Waals surface area contributed by atoms with Gasteiger partial charge in [0.15, 0.2) is 0 Å². The van der Waals surface area contributed by atoms with Gasteiger partial charge in [-0.2, -0.15) is 0 Å². The van der Waals surface area contributed by atoms with Crippen LogP contribution in [0.5, 0.6) is 11.5 Å². The number of hydrazine groups is 1. The Morgan fingerprint density at radius 2 is 1.58 bits per heavy atom. The summed E-state index contributed by atoms with van der Waals surface area (Å²) < 4.78 is 10.4. The monoisotopic (exact) mass is 356 g/mol. The Bertz CT molecular complexity index is 780. The van der Waals surface area contributed by atoms with Crippen LogP contribution >= 0.6 is 0 Å². The van der Waals surface area contributed by atoms with Gasteiger partial charge in [0.25, 0.3) is 5.91 Å². The van der Waals surface area contributed by atoms with Gasteiger partial charge >= 0.3 is 0 Å². The van der Waals surface area contributed by atoms with E-state index in [1.165, 1.54) is 0 Å². The summed E-state index contributed by atoms with van der Waals surface area (Å²) in [5.41, 5.74) is 8.29. The molecule has 6 heteroatoms. The van der Waals surface area contributed by atoms with Gasteiger partial charge < -0.3 is 9.47 Å². The highest BCUT2D eigenvalue weighted by molar-refractivity contribution is 5.96. The maximum atomic E-state index is 12.2. The Morgan fingerprint density at radius 3 is 2.15 bits per heavy atom. The maximum absolute atomic E-state index is 12.2. The zero-order valence-electron chi connectivity index (χ0n) is 15.5. The highest BCUT2D eigenvalue weighted by Gasteiger charge is 2.11. The zero-order chi connectivity index (χ0) is 19.1. The average molecular weight is 356 g/mol. The standard InChI is InChI=1S/C20H24N2O4/c1-13-5-7-18(14(2)9-13)20(24)22-21-19(23)8-6-15-10-16(25-3)12-17(11-15)26-4/h5,7,9-12H,6,8H2,1-4H3,(H,21,23)(H,22,24). The molecule has 0 spiro atoms. The Balaban J connectivity index is 1.88. The molecule has 0 aliphatic carbocycles. The van der Waals surface area contributed by atoms with Gasteiger partial charge in [0.1, 0.15) is 11.5 Å². The third-order valence-electron chi connectivity index (χ3n) is 3.99. The quantitative estimate of drug-likeness (QED) is 0.780. The fraction of sp³-hybridized carbons (Fsp3) is 0.300. The molecule has 2 rings (SSSR count). The van der Waals surface area contributed by atoms with E-state index >= 15 is 0 Å². The summed E-state index contributed by atoms with van der Waals surface area (Å²) in [7, 11) is 3.15. The number of benzene rings is 2. The van der Waals surface area contributed by atoms with Gasteiger partial charge in [-0.3, -0.25) is 20.4 Å². The van der Waals surface area contributed by atoms with Crippen LogP contribution in [-0.4, -0.2) is 26.0 Å². The van der Waals surface area contributed by atoms with Crippen LogP contribution in [-0.2, 0) is 11.2 Å². The second-order valence-electron chi connectivity index (χ2n) is 6.04. The number of amides is 2. The average Bonchev–Trinajstić information content (AvgIpc) is 2.64. The normalized spacial score (nSPS) is 10.2. The van der Waals surface area contributed by atoms with Crippen LogP contribution in [0.2, 0.25) is 0 Å². The number of hydrogen-bond acceptors (Lipinski definition) is 4. The molecule has 0 heterocycles. The predicted octanol–water partition coefficient (Wildman–Crippen LogP) is 2.71. The lowest BCUT2D eigenvalue weighted by Gasteiger charge is -2.11. The van der Waals surface area contributed by atoms with Gasteiger partial charge in [0, 0.05) is 18.1 Å². The molecule has 2 amide bonds. The summed E-state index contributed by atoms with van der Waals surface area (Å²) in [5, 5.41) is 0. The first kappa shape index (κ1) is 19.3. The van der Waals surface area contributed by atoms with Crippen LogP contribution in [0.4, 0.5) is 0 Å². The Morgan fingerprint density at radius 1 is 0.923 bits per heavy atom. The summed E-state index contributed by atoms with van der Waals surface area (Å²) in [5.74, 6) is 0.731. The second-order valence-corrected chi connectivity index (χ2v) is 6.04. The van der Waals surface area contributed by atoms with Crippen LogP contribution < -0.4 is 20.3 Å². The fourth-order valence-corrected chi connectivity index (χ4v) is 2.59. The lowest BCUT2D eigenvalue weighted by Crippen LogP contribution is -2.41. The Kier molecular flexibility index (Phi) is 6.60. The molecule has 2 aromatic rings. The van der Waals surface area contributed by atoms with Gasteiger partial charge in [0.2, 0.25) is 5.91 Å². The van der Waals surface area contributed by atoms with E-state index in [0.29, 0.717) is 23.5 Å². The SMILES string of the molecule is COc1cc(CCC(=O)NNC(=O)c2ccc(C)cc2C)cc(OC)c1. The number of methoxy groups -OCH3 is 2. The Labute approximate surface area is 153 Å². The van der Waals surface area contributed by atoms with Gasteiger partial charge in [-0.05, 0) is 49.6 Å². The predicted molar refractivity (Wildman–Crippen MR) is 99.4 cm³/mol. The first-order chi connectivity index (χ1) is 12.4. The molecule has 0 saturated heterocycles. The van der Waals surface area contributed by atoms with Crippen LogP contribution in [0.25, 0.3) is 0 Å². The van der Waals surface area contributed by atoms with Crippen molar-refractivity contribution >= 4 is 11.8 Å². The summed E-state index contributed by atoms with van der Waals surface area (Å²) in [6.45, 7) is 3.82. The van der Waals surface area contributed by atoms with Crippen molar-refractivity contribution < 1.29 is 19.1 Å². The van der Waals surface area contributed by atoms with E-state index < -0.39 is 0 Å². The molecule has 0 aromatic heterocycles. The van der Waals surface area contributed by atoms with Crippen molar-refractivity contribution in [2.75, 3.05) is 14.2 Å². The van der Waals surface area contributed by atoms with E-state index in [0.717, 1.165) is 16.7 Å². The van der Waals surface area contributed by atoms with Crippen molar-refractivity contribution in [3.05, 3.63) is 58.7 Å². The minimum Gasteiger partial charge on any atom is -0.497 e. The van der Waals surface area contributed by atoms with Crippen molar-refractivity contribution in [1.29, 1.82) is 0 Å². The summed E-state index contributed by atoms with van der Waals surface area (Å²) in [6.07, 6.45) is 0.725. The molecule has 0 atom stereocenters. The highest BCUT2D eigenvalue weighted by Crippen LogP contribution is 2.23. The van der Waals surface area contributed by atoms with E-state index in [9.17, 15) is 9.59 Å². The minimum atomic E-state index is -0.334. The summed E-state index contributed by atoms with van der Waals surface area (Å²) in [4.78, 5) is 24.2. The van der Waals surface area contributed by atoms with E-state index in [2.05, 4.69) is 10.9 Å². The maximum Gasteiger partial charge on any atom is 0.269 e.